The highest BCUT2D eigenvalue weighted by molar-refractivity contribution is 14.1. The molecule has 66 valence electrons. The number of nitrogens with zero attached hydrogens (tertiary/aromatic N) is 1. The first-order valence-electron chi connectivity index (χ1n) is 4.19. The van der Waals surface area contributed by atoms with Crippen LogP contribution in [0.1, 0.15) is 12.8 Å². The van der Waals surface area contributed by atoms with E-state index in [1.54, 1.807) is 0 Å². The maximum absolute atomic E-state index is 5.53. The molecule has 0 spiro atoms. The monoisotopic (exact) mass is 269 g/mol. The maximum Gasteiger partial charge on any atom is 0.0702 e. The molecule has 1 heterocycles. The van der Waals surface area contributed by atoms with Crippen LogP contribution in [0.25, 0.3) is 0 Å². The second-order valence-electron chi connectivity index (χ2n) is 3.09. The lowest BCUT2D eigenvalue weighted by atomic mass is 10.2. The molecule has 3 heteroatoms. The van der Waals surface area contributed by atoms with Crippen LogP contribution in [-0.2, 0) is 4.74 Å². The van der Waals surface area contributed by atoms with Crippen molar-refractivity contribution in [1.29, 1.82) is 0 Å². The Bertz CT molecular complexity index is 104. The van der Waals surface area contributed by atoms with Gasteiger partial charge in [0, 0.05) is 24.1 Å². The SMILES string of the molecule is CN(CCI)C[C@@H]1CCCO1. The van der Waals surface area contributed by atoms with Gasteiger partial charge < -0.3 is 9.64 Å². The van der Waals surface area contributed by atoms with Gasteiger partial charge in [-0.05, 0) is 19.9 Å². The minimum atomic E-state index is 0.517. The minimum Gasteiger partial charge on any atom is -0.377 e. The van der Waals surface area contributed by atoms with Gasteiger partial charge in [0.2, 0.25) is 0 Å². The van der Waals surface area contributed by atoms with Crippen LogP contribution in [0.4, 0.5) is 0 Å². The third-order valence-corrected chi connectivity index (χ3v) is 2.49. The summed E-state index contributed by atoms with van der Waals surface area (Å²) in [4.78, 5) is 2.35. The molecule has 1 aliphatic rings. The van der Waals surface area contributed by atoms with Gasteiger partial charge in [0.25, 0.3) is 0 Å². The van der Waals surface area contributed by atoms with E-state index >= 15 is 0 Å². The molecule has 1 rings (SSSR count). The van der Waals surface area contributed by atoms with E-state index in [1.165, 1.54) is 23.8 Å². The Hall–Kier alpha value is 0.650. The summed E-state index contributed by atoms with van der Waals surface area (Å²) >= 11 is 2.41. The molecule has 0 saturated carbocycles. The molecule has 2 nitrogen and oxygen atoms in total. The molecule has 0 aromatic heterocycles. The molecule has 0 N–H and O–H groups in total. The van der Waals surface area contributed by atoms with Gasteiger partial charge in [0.05, 0.1) is 6.10 Å². The fourth-order valence-corrected chi connectivity index (χ4v) is 2.20. The normalized spacial score (nSPS) is 24.8. The Kier molecular flexibility index (Phi) is 4.71. The molecule has 0 aromatic rings. The van der Waals surface area contributed by atoms with Gasteiger partial charge in [-0.25, -0.2) is 0 Å². The number of likely N-dealkylation sites (N-methyl/N-ethyl adjacent to an activating group) is 1. The molecular formula is C8H16INO. The third-order valence-electron chi connectivity index (χ3n) is 2.01. The number of halogens is 1. The zero-order valence-electron chi connectivity index (χ0n) is 7.05. The molecule has 1 saturated heterocycles. The van der Waals surface area contributed by atoms with E-state index in [0.717, 1.165) is 13.2 Å². The van der Waals surface area contributed by atoms with Crippen molar-refractivity contribution < 1.29 is 4.74 Å². The molecule has 1 atom stereocenters. The van der Waals surface area contributed by atoms with Crippen molar-refractivity contribution >= 4 is 22.6 Å². The van der Waals surface area contributed by atoms with Crippen molar-refractivity contribution in [2.24, 2.45) is 0 Å². The van der Waals surface area contributed by atoms with Gasteiger partial charge in [-0.2, -0.15) is 0 Å². The van der Waals surface area contributed by atoms with Crippen LogP contribution in [-0.4, -0.2) is 42.2 Å². The number of hydrogen-bond donors (Lipinski definition) is 0. The standard InChI is InChI=1S/C8H16INO/c1-10(5-4-9)7-8-3-2-6-11-8/h8H,2-7H2,1H3/t8-/m0/s1. The summed E-state index contributed by atoms with van der Waals surface area (Å²) in [6, 6.07) is 0. The Morgan fingerprint density at radius 2 is 2.45 bits per heavy atom. The second kappa shape index (κ2) is 5.32. The predicted molar refractivity (Wildman–Crippen MR) is 55.4 cm³/mol. The van der Waals surface area contributed by atoms with Gasteiger partial charge >= 0.3 is 0 Å². The fourth-order valence-electron chi connectivity index (χ4n) is 1.37. The first kappa shape index (κ1) is 9.74. The smallest absolute Gasteiger partial charge is 0.0702 e. The Balaban J connectivity index is 2.08. The first-order valence-corrected chi connectivity index (χ1v) is 5.71. The number of ether oxygens (including phenoxy) is 1. The van der Waals surface area contributed by atoms with Crippen molar-refractivity contribution in [3.05, 3.63) is 0 Å². The van der Waals surface area contributed by atoms with Crippen LogP contribution in [0.2, 0.25) is 0 Å². The van der Waals surface area contributed by atoms with Crippen molar-refractivity contribution in [2.75, 3.05) is 31.2 Å². The molecule has 0 aliphatic carbocycles. The van der Waals surface area contributed by atoms with Crippen LogP contribution < -0.4 is 0 Å². The second-order valence-corrected chi connectivity index (χ2v) is 4.17. The fraction of sp³-hybridized carbons (Fsp3) is 1.00. The van der Waals surface area contributed by atoms with Crippen molar-refractivity contribution in [2.45, 2.75) is 18.9 Å². The summed E-state index contributed by atoms with van der Waals surface area (Å²) in [5, 5.41) is 0. The first-order chi connectivity index (χ1) is 5.33. The summed E-state index contributed by atoms with van der Waals surface area (Å²) in [5.41, 5.74) is 0. The van der Waals surface area contributed by atoms with E-state index in [2.05, 4.69) is 34.5 Å². The van der Waals surface area contributed by atoms with E-state index < -0.39 is 0 Å². The summed E-state index contributed by atoms with van der Waals surface area (Å²) in [6.45, 7) is 3.27. The summed E-state index contributed by atoms with van der Waals surface area (Å²) < 4.78 is 6.74. The number of rotatable bonds is 4. The average molecular weight is 269 g/mol. The van der Waals surface area contributed by atoms with E-state index in [-0.39, 0.29) is 0 Å². The van der Waals surface area contributed by atoms with Crippen molar-refractivity contribution in [3.63, 3.8) is 0 Å². The highest BCUT2D eigenvalue weighted by Crippen LogP contribution is 2.12. The van der Waals surface area contributed by atoms with Crippen LogP contribution in [0.3, 0.4) is 0 Å². The maximum atomic E-state index is 5.53. The zero-order chi connectivity index (χ0) is 8.10. The third kappa shape index (κ3) is 3.71. The summed E-state index contributed by atoms with van der Waals surface area (Å²) in [5.74, 6) is 0. The van der Waals surface area contributed by atoms with Crippen LogP contribution in [0.5, 0.6) is 0 Å². The number of alkyl halides is 1. The van der Waals surface area contributed by atoms with Gasteiger partial charge in [-0.1, -0.05) is 22.6 Å². The van der Waals surface area contributed by atoms with Gasteiger partial charge in [0.15, 0.2) is 0 Å². The highest BCUT2D eigenvalue weighted by Gasteiger charge is 2.16. The molecule has 0 amide bonds. The van der Waals surface area contributed by atoms with Crippen LogP contribution in [0, 0.1) is 0 Å². The topological polar surface area (TPSA) is 12.5 Å². The quantitative estimate of drug-likeness (QED) is 0.567. The number of hydrogen-bond acceptors (Lipinski definition) is 2. The minimum absolute atomic E-state index is 0.517. The van der Waals surface area contributed by atoms with Crippen LogP contribution >= 0.6 is 22.6 Å². The largest absolute Gasteiger partial charge is 0.377 e. The lowest BCUT2D eigenvalue weighted by molar-refractivity contribution is 0.0832. The van der Waals surface area contributed by atoms with Gasteiger partial charge in [-0.15, -0.1) is 0 Å². The lowest BCUT2D eigenvalue weighted by Gasteiger charge is -2.18. The average Bonchev–Trinajstić information content (AvgIpc) is 2.40. The van der Waals surface area contributed by atoms with E-state index in [1.807, 2.05) is 0 Å². The van der Waals surface area contributed by atoms with Gasteiger partial charge in [-0.3, -0.25) is 0 Å². The molecule has 0 bridgehead atoms. The van der Waals surface area contributed by atoms with Crippen LogP contribution in [0.15, 0.2) is 0 Å². The zero-order valence-corrected chi connectivity index (χ0v) is 9.21. The molecule has 0 radical (unpaired) electrons. The molecule has 1 aliphatic heterocycles. The molecule has 0 unspecified atom stereocenters. The van der Waals surface area contributed by atoms with E-state index in [9.17, 15) is 0 Å². The predicted octanol–water partition coefficient (Wildman–Crippen LogP) is 1.53. The van der Waals surface area contributed by atoms with E-state index in [0.29, 0.717) is 6.10 Å². The highest BCUT2D eigenvalue weighted by atomic mass is 127. The van der Waals surface area contributed by atoms with Crippen molar-refractivity contribution in [3.8, 4) is 0 Å². The summed E-state index contributed by atoms with van der Waals surface area (Å²) in [6.07, 6.45) is 3.02. The Morgan fingerprint density at radius 1 is 1.64 bits per heavy atom. The molecular weight excluding hydrogens is 253 g/mol. The Labute approximate surface area is 82.4 Å². The van der Waals surface area contributed by atoms with Crippen molar-refractivity contribution in [1.82, 2.24) is 4.90 Å². The molecule has 0 aromatic carbocycles. The Morgan fingerprint density at radius 3 is 3.00 bits per heavy atom. The summed E-state index contributed by atoms with van der Waals surface area (Å²) in [7, 11) is 2.17. The van der Waals surface area contributed by atoms with Gasteiger partial charge in [0.1, 0.15) is 0 Å². The molecule has 11 heavy (non-hydrogen) atoms. The van der Waals surface area contributed by atoms with E-state index in [4.69, 9.17) is 4.74 Å². The molecule has 1 fully saturated rings. The lowest BCUT2D eigenvalue weighted by Crippen LogP contribution is -2.30.